The van der Waals surface area contributed by atoms with Gasteiger partial charge in [-0.15, -0.1) is 0 Å². The minimum atomic E-state index is -1.97. The smallest absolute Gasteiger partial charge is 0.241 e. The fourth-order valence-electron chi connectivity index (χ4n) is 1.98. The Bertz CT molecular complexity index is 530. The quantitative estimate of drug-likeness (QED) is 0.826. The first-order chi connectivity index (χ1) is 8.48. The third-order valence-corrected chi connectivity index (χ3v) is 3.42. The number of aromatic nitrogens is 2. The Hall–Kier alpha value is -1.26. The second-order valence-corrected chi connectivity index (χ2v) is 4.67. The Labute approximate surface area is 110 Å². The van der Waals surface area contributed by atoms with Gasteiger partial charge in [-0.25, -0.2) is 14.4 Å². The maximum Gasteiger partial charge on any atom is 0.241 e. The molecular weight excluding hydrogens is 255 g/mol. The number of nitrogens with zero attached hydrogens (tertiary/aromatic N) is 2. The predicted molar refractivity (Wildman–Crippen MR) is 68.2 cm³/mol. The molecule has 0 amide bonds. The molecule has 1 aromatic rings. The summed E-state index contributed by atoms with van der Waals surface area (Å²) in [5, 5.41) is 0.319. The second kappa shape index (κ2) is 4.78. The Morgan fingerprint density at radius 2 is 2.11 bits per heavy atom. The molecule has 18 heavy (non-hydrogen) atoms. The molecule has 5 heteroatoms. The molecule has 1 aliphatic rings. The van der Waals surface area contributed by atoms with Crippen LogP contribution in [0.25, 0.3) is 0 Å². The summed E-state index contributed by atoms with van der Waals surface area (Å²) in [6.45, 7) is 3.73. The molecule has 3 nitrogen and oxygen atoms in total. The molecule has 0 saturated heterocycles. The lowest BCUT2D eigenvalue weighted by atomic mass is 9.89. The van der Waals surface area contributed by atoms with Gasteiger partial charge in [0.15, 0.2) is 0 Å². The fourth-order valence-corrected chi connectivity index (χ4v) is 2.20. The van der Waals surface area contributed by atoms with Crippen LogP contribution in [-0.2, 0) is 4.74 Å². The molecule has 0 N–H and O–H groups in total. The van der Waals surface area contributed by atoms with E-state index in [4.69, 9.17) is 16.3 Å². The van der Waals surface area contributed by atoms with Crippen LogP contribution < -0.4 is 0 Å². The van der Waals surface area contributed by atoms with Crippen LogP contribution in [0.4, 0.5) is 4.39 Å². The number of halogens is 2. The third kappa shape index (κ3) is 2.18. The summed E-state index contributed by atoms with van der Waals surface area (Å²) in [5.74, 6) is -2.59. The SMILES string of the molecule is COC1(F)C=C(Cl)C=CC1c1ncnc(C)c1C. The van der Waals surface area contributed by atoms with Gasteiger partial charge in [-0.2, -0.15) is 0 Å². The topological polar surface area (TPSA) is 35.0 Å². The number of allylic oxidation sites excluding steroid dienone is 2. The largest absolute Gasteiger partial charge is 0.345 e. The van der Waals surface area contributed by atoms with Gasteiger partial charge < -0.3 is 4.74 Å². The molecule has 0 bridgehead atoms. The van der Waals surface area contributed by atoms with Gasteiger partial charge in [0, 0.05) is 17.8 Å². The summed E-state index contributed by atoms with van der Waals surface area (Å²) in [7, 11) is 1.32. The average molecular weight is 269 g/mol. The minimum absolute atomic E-state index is 0.319. The van der Waals surface area contributed by atoms with Crippen LogP contribution in [0.1, 0.15) is 22.9 Å². The minimum Gasteiger partial charge on any atom is -0.345 e. The molecule has 2 unspecified atom stereocenters. The van der Waals surface area contributed by atoms with Crippen molar-refractivity contribution in [3.05, 3.63) is 46.5 Å². The Kier molecular flexibility index (Phi) is 3.50. The van der Waals surface area contributed by atoms with E-state index in [0.717, 1.165) is 11.3 Å². The van der Waals surface area contributed by atoms with Gasteiger partial charge in [0.05, 0.1) is 11.6 Å². The number of ether oxygens (including phenoxy) is 1. The van der Waals surface area contributed by atoms with Gasteiger partial charge in [0.1, 0.15) is 6.33 Å². The van der Waals surface area contributed by atoms with Gasteiger partial charge in [-0.3, -0.25) is 0 Å². The van der Waals surface area contributed by atoms with Crippen molar-refractivity contribution in [2.45, 2.75) is 25.6 Å². The summed E-state index contributed by atoms with van der Waals surface area (Å²) in [6, 6.07) is 0. The third-order valence-electron chi connectivity index (χ3n) is 3.19. The predicted octanol–water partition coefficient (Wildman–Crippen LogP) is 3.18. The van der Waals surface area contributed by atoms with E-state index < -0.39 is 11.8 Å². The maximum atomic E-state index is 14.7. The van der Waals surface area contributed by atoms with Crippen LogP contribution in [0.15, 0.2) is 29.6 Å². The highest BCUT2D eigenvalue weighted by Gasteiger charge is 2.40. The summed E-state index contributed by atoms with van der Waals surface area (Å²) in [4.78, 5) is 8.26. The molecule has 0 aromatic carbocycles. The Balaban J connectivity index is 2.51. The monoisotopic (exact) mass is 268 g/mol. The standard InChI is InChI=1S/C13H14ClFN2O/c1-8-9(2)16-7-17-12(8)11-5-4-10(14)6-13(11,15)18-3/h4-7,11H,1-3H3. The molecule has 1 aromatic heterocycles. The molecule has 0 saturated carbocycles. The van der Waals surface area contributed by atoms with E-state index in [1.165, 1.54) is 19.5 Å². The van der Waals surface area contributed by atoms with Crippen LogP contribution in [0.2, 0.25) is 0 Å². The zero-order valence-corrected chi connectivity index (χ0v) is 11.2. The molecule has 2 rings (SSSR count). The van der Waals surface area contributed by atoms with Crippen LogP contribution in [-0.4, -0.2) is 22.9 Å². The van der Waals surface area contributed by atoms with Crippen LogP contribution >= 0.6 is 11.6 Å². The van der Waals surface area contributed by atoms with E-state index in [-0.39, 0.29) is 0 Å². The van der Waals surface area contributed by atoms with Crippen LogP contribution in [0.5, 0.6) is 0 Å². The molecule has 0 aliphatic heterocycles. The molecule has 0 radical (unpaired) electrons. The highest BCUT2D eigenvalue weighted by atomic mass is 35.5. The molecule has 1 aliphatic carbocycles. The van der Waals surface area contributed by atoms with E-state index >= 15 is 0 Å². The first-order valence-corrected chi connectivity index (χ1v) is 5.94. The molecule has 0 fully saturated rings. The number of hydrogen-bond donors (Lipinski definition) is 0. The van der Waals surface area contributed by atoms with E-state index in [1.54, 1.807) is 12.2 Å². The zero-order valence-electron chi connectivity index (χ0n) is 10.4. The summed E-state index contributed by atoms with van der Waals surface area (Å²) < 4.78 is 19.7. The van der Waals surface area contributed by atoms with Crippen LogP contribution in [0.3, 0.4) is 0 Å². The molecule has 1 heterocycles. The molecule has 0 spiro atoms. The number of hydrogen-bond acceptors (Lipinski definition) is 3. The van der Waals surface area contributed by atoms with Gasteiger partial charge in [0.25, 0.3) is 0 Å². The molecule has 96 valence electrons. The first kappa shape index (κ1) is 13.2. The lowest BCUT2D eigenvalue weighted by Crippen LogP contribution is -2.33. The van der Waals surface area contributed by atoms with E-state index in [0.29, 0.717) is 10.7 Å². The van der Waals surface area contributed by atoms with Crippen molar-refractivity contribution in [1.82, 2.24) is 9.97 Å². The van der Waals surface area contributed by atoms with E-state index in [9.17, 15) is 4.39 Å². The molecular formula is C13H14ClFN2O. The number of methoxy groups -OCH3 is 1. The van der Waals surface area contributed by atoms with Crippen molar-refractivity contribution in [2.75, 3.05) is 7.11 Å². The van der Waals surface area contributed by atoms with E-state index in [2.05, 4.69) is 9.97 Å². The van der Waals surface area contributed by atoms with Gasteiger partial charge in [0.2, 0.25) is 5.85 Å². The van der Waals surface area contributed by atoms with Crippen molar-refractivity contribution in [3.63, 3.8) is 0 Å². The van der Waals surface area contributed by atoms with Crippen molar-refractivity contribution < 1.29 is 9.13 Å². The second-order valence-electron chi connectivity index (χ2n) is 4.24. The average Bonchev–Trinajstić information content (AvgIpc) is 2.34. The van der Waals surface area contributed by atoms with Crippen molar-refractivity contribution in [1.29, 1.82) is 0 Å². The van der Waals surface area contributed by atoms with Gasteiger partial charge in [-0.05, 0) is 31.6 Å². The number of aryl methyl sites for hydroxylation is 1. The highest BCUT2D eigenvalue weighted by Crippen LogP contribution is 2.40. The molecule has 2 atom stereocenters. The van der Waals surface area contributed by atoms with Crippen molar-refractivity contribution >= 4 is 11.6 Å². The number of alkyl halides is 1. The summed E-state index contributed by atoms with van der Waals surface area (Å²) >= 11 is 5.83. The number of rotatable bonds is 2. The Morgan fingerprint density at radius 1 is 1.39 bits per heavy atom. The highest BCUT2D eigenvalue weighted by molar-refractivity contribution is 6.31. The van der Waals surface area contributed by atoms with Gasteiger partial charge in [-0.1, -0.05) is 17.7 Å². The van der Waals surface area contributed by atoms with Gasteiger partial charge >= 0.3 is 0 Å². The maximum absolute atomic E-state index is 14.7. The summed E-state index contributed by atoms with van der Waals surface area (Å²) in [5.41, 5.74) is 2.30. The van der Waals surface area contributed by atoms with Crippen molar-refractivity contribution in [3.8, 4) is 0 Å². The zero-order chi connectivity index (χ0) is 13.3. The lowest BCUT2D eigenvalue weighted by molar-refractivity contribution is -0.0912. The lowest BCUT2D eigenvalue weighted by Gasteiger charge is -2.30. The van der Waals surface area contributed by atoms with E-state index in [1.807, 2.05) is 13.8 Å². The van der Waals surface area contributed by atoms with Crippen molar-refractivity contribution in [2.24, 2.45) is 0 Å². The Morgan fingerprint density at radius 3 is 2.78 bits per heavy atom. The fraction of sp³-hybridized carbons (Fsp3) is 0.385. The first-order valence-electron chi connectivity index (χ1n) is 5.56. The normalized spacial score (nSPS) is 27.2. The van der Waals surface area contributed by atoms with Crippen LogP contribution in [0, 0.1) is 13.8 Å². The summed E-state index contributed by atoms with van der Waals surface area (Å²) in [6.07, 6.45) is 6.01.